The number of fused-ring (bicyclic) bond motifs is 5. The van der Waals surface area contributed by atoms with E-state index in [0.717, 1.165) is 67.1 Å². The van der Waals surface area contributed by atoms with E-state index < -0.39 is 10.0 Å². The molecule has 1 aromatic carbocycles. The van der Waals surface area contributed by atoms with Gasteiger partial charge in [-0.25, -0.2) is 4.83 Å². The Bertz CT molecular complexity index is 911. The highest BCUT2D eigenvalue weighted by atomic mass is 32.2. The summed E-state index contributed by atoms with van der Waals surface area (Å²) in [7, 11) is -3.61. The third-order valence-electron chi connectivity index (χ3n) is 8.66. The molecule has 164 valence electrons. The average Bonchev–Trinajstić information content (AvgIpc) is 3.15. The molecule has 0 amide bonds. The number of nitrogens with one attached hydrogen (secondary N) is 1. The van der Waals surface area contributed by atoms with Gasteiger partial charge in [-0.05, 0) is 106 Å². The summed E-state index contributed by atoms with van der Waals surface area (Å²) in [4.78, 5) is 2.80. The fraction of sp³-hybridized carbons (Fsp3) is 0.708. The van der Waals surface area contributed by atoms with Crippen LogP contribution < -0.4 is 4.83 Å². The van der Waals surface area contributed by atoms with Gasteiger partial charge in [-0.2, -0.15) is 13.5 Å². The zero-order valence-corrected chi connectivity index (χ0v) is 18.7. The van der Waals surface area contributed by atoms with Crippen LogP contribution in [-0.4, -0.2) is 25.3 Å². The molecule has 4 aliphatic rings. The van der Waals surface area contributed by atoms with E-state index >= 15 is 0 Å². The first-order valence-electron chi connectivity index (χ1n) is 11.8. The molecular weight excluding hydrogens is 396 g/mol. The largest absolute Gasteiger partial charge is 0.393 e. The van der Waals surface area contributed by atoms with Crippen molar-refractivity contribution >= 4 is 15.7 Å². The summed E-state index contributed by atoms with van der Waals surface area (Å²) in [6.07, 6.45) is 10.1. The maximum absolute atomic E-state index is 12.6. The fourth-order valence-corrected chi connectivity index (χ4v) is 8.13. The van der Waals surface area contributed by atoms with E-state index in [9.17, 15) is 13.5 Å². The van der Waals surface area contributed by atoms with Gasteiger partial charge in [0, 0.05) is 11.6 Å². The smallest absolute Gasteiger partial charge is 0.276 e. The lowest BCUT2D eigenvalue weighted by Crippen LogP contribution is -2.45. The van der Waals surface area contributed by atoms with Crippen molar-refractivity contribution in [1.29, 1.82) is 0 Å². The number of hydrogen-bond acceptors (Lipinski definition) is 4. The quantitative estimate of drug-likeness (QED) is 0.704. The molecule has 0 radical (unpaired) electrons. The average molecular weight is 431 g/mol. The number of aryl methyl sites for hydroxylation is 1. The van der Waals surface area contributed by atoms with Crippen LogP contribution in [0.1, 0.15) is 63.4 Å². The number of rotatable bonds is 3. The van der Waals surface area contributed by atoms with Crippen molar-refractivity contribution < 1.29 is 13.5 Å². The molecule has 0 unspecified atom stereocenters. The lowest BCUT2D eigenvalue weighted by atomic mass is 9.53. The molecule has 6 heteroatoms. The van der Waals surface area contributed by atoms with Gasteiger partial charge in [-0.3, -0.25) is 0 Å². The van der Waals surface area contributed by atoms with Crippen LogP contribution in [-0.2, 0) is 10.0 Å². The number of hydrogen-bond donors (Lipinski definition) is 2. The van der Waals surface area contributed by atoms with Crippen molar-refractivity contribution in [3.05, 3.63) is 29.8 Å². The van der Waals surface area contributed by atoms with E-state index in [2.05, 4.69) is 9.93 Å². The maximum atomic E-state index is 12.6. The summed E-state index contributed by atoms with van der Waals surface area (Å²) in [6, 6.07) is 6.91. The lowest BCUT2D eigenvalue weighted by molar-refractivity contribution is -0.0411. The second-order valence-corrected chi connectivity index (χ2v) is 11.9. The molecule has 4 fully saturated rings. The Balaban J connectivity index is 1.28. The molecule has 0 bridgehead atoms. The van der Waals surface area contributed by atoms with Crippen LogP contribution in [0.3, 0.4) is 0 Å². The van der Waals surface area contributed by atoms with E-state index in [1.165, 1.54) is 25.7 Å². The molecule has 2 N–H and O–H groups in total. The van der Waals surface area contributed by atoms with Crippen molar-refractivity contribution in [2.75, 3.05) is 0 Å². The Morgan fingerprint density at radius 3 is 2.40 bits per heavy atom. The normalized spacial score (nSPS) is 39.8. The first-order chi connectivity index (χ1) is 14.4. The van der Waals surface area contributed by atoms with Crippen molar-refractivity contribution in [3.8, 4) is 0 Å². The van der Waals surface area contributed by atoms with E-state index in [1.807, 2.05) is 19.1 Å². The van der Waals surface area contributed by atoms with Gasteiger partial charge < -0.3 is 5.11 Å². The fourth-order valence-electron chi connectivity index (χ4n) is 7.30. The van der Waals surface area contributed by atoms with Crippen molar-refractivity contribution in [2.45, 2.75) is 75.7 Å². The minimum Gasteiger partial charge on any atom is -0.393 e. The summed E-state index contributed by atoms with van der Waals surface area (Å²) in [6.45, 7) is 1.95. The Kier molecular flexibility index (Phi) is 5.42. The van der Waals surface area contributed by atoms with Gasteiger partial charge in [-0.15, -0.1) is 0 Å². The third kappa shape index (κ3) is 3.70. The Hall–Kier alpha value is -1.40. The Morgan fingerprint density at radius 2 is 1.60 bits per heavy atom. The van der Waals surface area contributed by atoms with Crippen molar-refractivity contribution in [1.82, 2.24) is 4.83 Å². The standard InChI is InChI=1S/C24H34N2O3S/c1-15-2-6-18(7-3-15)30(28,29)26-25-24-13-12-22-21-8-4-16-14-17(27)5-9-19(16)20(21)10-11-23(22)24/h2-3,6-7,16-17,19-23,26-27H,4-5,8-14H2,1H3/b25-24-/t16-,17-,19-,20-,21-,22+,23-/m0/s1. The van der Waals surface area contributed by atoms with Crippen LogP contribution in [0, 0.1) is 42.4 Å². The second kappa shape index (κ2) is 7.94. The van der Waals surface area contributed by atoms with Crippen molar-refractivity contribution in [3.63, 3.8) is 0 Å². The van der Waals surface area contributed by atoms with Gasteiger partial charge in [0.2, 0.25) is 0 Å². The number of sulfonamides is 1. The van der Waals surface area contributed by atoms with Crippen LogP contribution in [0.2, 0.25) is 0 Å². The summed E-state index contributed by atoms with van der Waals surface area (Å²) >= 11 is 0. The first kappa shape index (κ1) is 20.5. The number of aliphatic hydroxyl groups excluding tert-OH is 1. The van der Waals surface area contributed by atoms with Crippen LogP contribution in [0.15, 0.2) is 34.3 Å². The van der Waals surface area contributed by atoms with Crippen LogP contribution in [0.4, 0.5) is 0 Å². The molecule has 1 aromatic rings. The Labute approximate surface area is 180 Å². The van der Waals surface area contributed by atoms with Gasteiger partial charge in [0.1, 0.15) is 0 Å². The first-order valence-corrected chi connectivity index (χ1v) is 13.2. The molecule has 30 heavy (non-hydrogen) atoms. The molecule has 0 spiro atoms. The molecular formula is C24H34N2O3S. The highest BCUT2D eigenvalue weighted by Crippen LogP contribution is 2.57. The number of aliphatic hydroxyl groups is 1. The SMILES string of the molecule is Cc1ccc(S(=O)(=O)N/N=C2/CC[C@@H]3[C@H]4CC[C@H]5C[C@@H](O)CC[C@@H]5[C@@H]4CC[C@H]23)cc1. The number of benzene rings is 1. The predicted molar refractivity (Wildman–Crippen MR) is 117 cm³/mol. The number of nitrogens with zero attached hydrogens (tertiary/aromatic N) is 1. The monoisotopic (exact) mass is 430 g/mol. The Morgan fingerprint density at radius 1 is 0.900 bits per heavy atom. The number of hydrazone groups is 1. The molecule has 5 nitrogen and oxygen atoms in total. The van der Waals surface area contributed by atoms with E-state index in [1.54, 1.807) is 12.1 Å². The van der Waals surface area contributed by atoms with Gasteiger partial charge in [0.05, 0.1) is 11.0 Å². The highest BCUT2D eigenvalue weighted by molar-refractivity contribution is 7.89. The second-order valence-electron chi connectivity index (χ2n) is 10.2. The minimum absolute atomic E-state index is 0.0779. The predicted octanol–water partition coefficient (Wildman–Crippen LogP) is 4.25. The lowest BCUT2D eigenvalue weighted by Gasteiger charge is -2.52. The molecule has 4 aliphatic carbocycles. The summed E-state index contributed by atoms with van der Waals surface area (Å²) in [5, 5.41) is 14.5. The molecule has 0 aromatic heterocycles. The van der Waals surface area contributed by atoms with Crippen LogP contribution >= 0.6 is 0 Å². The zero-order valence-electron chi connectivity index (χ0n) is 17.8. The minimum atomic E-state index is -3.61. The molecule has 4 saturated carbocycles. The van der Waals surface area contributed by atoms with Gasteiger partial charge in [0.25, 0.3) is 10.0 Å². The summed E-state index contributed by atoms with van der Waals surface area (Å²) in [5.74, 6) is 4.20. The van der Waals surface area contributed by atoms with Crippen LogP contribution in [0.25, 0.3) is 0 Å². The molecule has 5 rings (SSSR count). The van der Waals surface area contributed by atoms with Crippen LogP contribution in [0.5, 0.6) is 0 Å². The van der Waals surface area contributed by atoms with E-state index in [-0.39, 0.29) is 11.0 Å². The maximum Gasteiger partial charge on any atom is 0.276 e. The van der Waals surface area contributed by atoms with Gasteiger partial charge in [-0.1, -0.05) is 17.7 Å². The summed E-state index contributed by atoms with van der Waals surface area (Å²) in [5.41, 5.74) is 2.10. The zero-order chi connectivity index (χ0) is 20.9. The van der Waals surface area contributed by atoms with Crippen molar-refractivity contribution in [2.24, 2.45) is 40.6 Å². The topological polar surface area (TPSA) is 78.8 Å². The van der Waals surface area contributed by atoms with Gasteiger partial charge in [0.15, 0.2) is 0 Å². The highest BCUT2D eigenvalue weighted by Gasteiger charge is 2.51. The van der Waals surface area contributed by atoms with E-state index in [0.29, 0.717) is 11.8 Å². The molecule has 7 atom stereocenters. The summed E-state index contributed by atoms with van der Waals surface area (Å²) < 4.78 is 25.3. The molecule has 0 saturated heterocycles. The molecule has 0 aliphatic heterocycles. The van der Waals surface area contributed by atoms with E-state index in [4.69, 9.17) is 0 Å². The van der Waals surface area contributed by atoms with Gasteiger partial charge >= 0.3 is 0 Å². The molecule has 0 heterocycles. The third-order valence-corrected chi connectivity index (χ3v) is 9.89.